The summed E-state index contributed by atoms with van der Waals surface area (Å²) in [4.78, 5) is 50.2. The number of Topliss-reactive ketones (excluding diaryl/α,β-unsaturated/α-hetero) is 2. The monoisotopic (exact) mass is 1070 g/mol. The summed E-state index contributed by atoms with van der Waals surface area (Å²) in [5.74, 6) is -0.216. The number of ketones is 2. The molecule has 7 aromatic rings. The Morgan fingerprint density at radius 1 is 0.919 bits per heavy atom. The van der Waals surface area contributed by atoms with E-state index in [9.17, 15) is 19.5 Å². The maximum absolute atomic E-state index is 12.2. The second kappa shape index (κ2) is 23.7. The number of H-pyrrole nitrogens is 1. The van der Waals surface area contributed by atoms with Crippen molar-refractivity contribution >= 4 is 75.2 Å². The van der Waals surface area contributed by atoms with Crippen molar-refractivity contribution < 1.29 is 43.2 Å². The van der Waals surface area contributed by atoms with Crippen LogP contribution >= 0.6 is 34.8 Å². The number of halogens is 3. The fourth-order valence-corrected chi connectivity index (χ4v) is 8.78. The molecule has 18 nitrogen and oxygen atoms in total. The quantitative estimate of drug-likeness (QED) is 0.109. The Balaban J connectivity index is 0.000000146. The maximum atomic E-state index is 12.2. The highest BCUT2D eigenvalue weighted by atomic mass is 35.5. The van der Waals surface area contributed by atoms with Crippen molar-refractivity contribution in [3.05, 3.63) is 154 Å². The number of aromatic nitrogens is 8. The minimum atomic E-state index is -0.963. The SMILES string of the molecule is CC(C)(C)C(O)C(Oc1ccc(Cl)cc1)n1cncn1.CC1OC2=C(C(=O)C(=O)c3ccccc32)C1(C)C.CCCC1COC(Cn2cncn2)(c2ccc(Cl)cc2Cl)O1.COC(=O)Nc1nc2ccccc2[nH]1. The van der Waals surface area contributed by atoms with Crippen LogP contribution in [0.1, 0.15) is 89.0 Å². The number of hydrogen-bond donors (Lipinski definition) is 3. The number of aliphatic hydroxyl groups excluding tert-OH is 1. The number of ether oxygens (including phenoxy) is 5. The average Bonchev–Trinajstić information content (AvgIpc) is 4.24. The van der Waals surface area contributed by atoms with Crippen LogP contribution in [0.25, 0.3) is 16.8 Å². The van der Waals surface area contributed by atoms with Gasteiger partial charge in [-0.15, -0.1) is 0 Å². The first-order valence-electron chi connectivity index (χ1n) is 23.7. The van der Waals surface area contributed by atoms with E-state index < -0.39 is 41.2 Å². The largest absolute Gasteiger partial charge is 0.489 e. The molecule has 2 aliphatic heterocycles. The first kappa shape index (κ1) is 55.1. The Labute approximate surface area is 443 Å². The number of rotatable bonds is 10. The number of benzene rings is 4. The molecule has 3 aromatic heterocycles. The summed E-state index contributed by atoms with van der Waals surface area (Å²) >= 11 is 18.2. The van der Waals surface area contributed by atoms with Crippen LogP contribution in [-0.4, -0.2) is 94.3 Å². The number of para-hydroxylation sites is 2. The summed E-state index contributed by atoms with van der Waals surface area (Å²) in [5, 5.41) is 22.9. The molecule has 0 saturated carbocycles. The number of carbonyl (C=O) groups excluding carboxylic acids is 3. The Morgan fingerprint density at radius 2 is 1.59 bits per heavy atom. The summed E-state index contributed by atoms with van der Waals surface area (Å²) in [7, 11) is 1.30. The number of aliphatic hydroxyl groups is 1. The van der Waals surface area contributed by atoms with Crippen LogP contribution in [0.3, 0.4) is 0 Å². The maximum Gasteiger partial charge on any atom is 0.413 e. The topological polar surface area (TPSA) is 220 Å². The van der Waals surface area contributed by atoms with Crippen molar-refractivity contribution in [3.8, 4) is 5.75 Å². The van der Waals surface area contributed by atoms with E-state index in [1.54, 1.807) is 59.5 Å². The standard InChI is InChI=1S/C15H17Cl2N3O2.C15H14O3.C14H18ClN3O2.C9H9N3O2/c1-2-3-12-7-21-15(22-12,8-20-10-18-9-19-20)13-5-4-11(16)6-14(13)17;1-8-15(2,3)11-13(17)12(16)9-6-4-5-7-10(9)14(11)18-8;1-14(2,3)12(19)13(18-9-16-8-17-18)20-11-6-4-10(15)5-7-11;1-14-9(13)12-8-10-6-4-2-3-5-7(6)11-8/h4-6,9-10,12H,2-3,7-8H2,1H3;4-8H,1-3H3;4-9,12-13,19H,1-3H3;2-5H,1H3,(H2,10,11,12,13). The van der Waals surface area contributed by atoms with Crippen LogP contribution in [0.5, 0.6) is 5.75 Å². The molecule has 4 aromatic carbocycles. The molecule has 3 N–H and O–H groups in total. The summed E-state index contributed by atoms with van der Waals surface area (Å²) in [5.41, 5.74) is 3.38. The second-order valence-corrected chi connectivity index (χ2v) is 20.3. The third kappa shape index (κ3) is 12.8. The Kier molecular flexibility index (Phi) is 17.6. The van der Waals surface area contributed by atoms with E-state index in [0.29, 0.717) is 56.8 Å². The number of fused-ring (bicyclic) bond motifs is 3. The highest BCUT2D eigenvalue weighted by Gasteiger charge is 2.50. The van der Waals surface area contributed by atoms with E-state index in [2.05, 4.69) is 47.1 Å². The zero-order valence-electron chi connectivity index (χ0n) is 42.1. The highest BCUT2D eigenvalue weighted by Crippen LogP contribution is 2.49. The lowest BCUT2D eigenvalue weighted by Crippen LogP contribution is -2.38. The van der Waals surface area contributed by atoms with Gasteiger partial charge in [0.25, 0.3) is 0 Å². The highest BCUT2D eigenvalue weighted by molar-refractivity contribution is 6.52. The van der Waals surface area contributed by atoms with Crippen molar-refractivity contribution in [1.29, 1.82) is 0 Å². The molecule has 74 heavy (non-hydrogen) atoms. The summed E-state index contributed by atoms with van der Waals surface area (Å²) in [6.45, 7) is 14.7. The molecule has 0 spiro atoms. The van der Waals surface area contributed by atoms with Crippen LogP contribution in [0.4, 0.5) is 10.7 Å². The molecule has 1 aliphatic carbocycles. The number of anilines is 1. The number of imidazole rings is 1. The molecule has 1 saturated heterocycles. The molecule has 390 valence electrons. The molecule has 0 bridgehead atoms. The smallest absolute Gasteiger partial charge is 0.413 e. The van der Waals surface area contributed by atoms with Gasteiger partial charge in [-0.2, -0.15) is 10.2 Å². The van der Waals surface area contributed by atoms with Crippen LogP contribution in [-0.2, 0) is 36.1 Å². The lowest BCUT2D eigenvalue weighted by atomic mass is 9.74. The minimum absolute atomic E-state index is 0.0419. The molecular weight excluding hydrogens is 1010 g/mol. The number of amides is 1. The molecule has 10 rings (SSSR count). The molecule has 5 atom stereocenters. The van der Waals surface area contributed by atoms with Gasteiger partial charge in [0.05, 0.1) is 41.4 Å². The Hall–Kier alpha value is -6.67. The minimum Gasteiger partial charge on any atom is -0.489 e. The van der Waals surface area contributed by atoms with Gasteiger partial charge in [0.2, 0.25) is 29.5 Å². The van der Waals surface area contributed by atoms with Crippen LogP contribution in [0.15, 0.2) is 122 Å². The van der Waals surface area contributed by atoms with Crippen molar-refractivity contribution in [2.75, 3.05) is 19.0 Å². The molecule has 21 heteroatoms. The molecule has 3 aliphatic rings. The average molecular weight is 1070 g/mol. The normalized spacial score (nSPS) is 19.3. The van der Waals surface area contributed by atoms with E-state index >= 15 is 0 Å². The van der Waals surface area contributed by atoms with Gasteiger partial charge in [-0.05, 0) is 67.3 Å². The fraction of sp³-hybridized carbons (Fsp3) is 0.358. The number of aromatic amines is 1. The van der Waals surface area contributed by atoms with Crippen LogP contribution < -0.4 is 10.1 Å². The number of methoxy groups -OCH3 is 1. The second-order valence-electron chi connectivity index (χ2n) is 19.1. The summed E-state index contributed by atoms with van der Waals surface area (Å²) in [6, 6.07) is 26.9. The van der Waals surface area contributed by atoms with Gasteiger partial charge in [0, 0.05) is 32.2 Å². The van der Waals surface area contributed by atoms with Gasteiger partial charge in [-0.25, -0.2) is 29.1 Å². The Bertz CT molecular complexity index is 3040. The van der Waals surface area contributed by atoms with Crippen molar-refractivity contribution in [2.45, 2.75) is 98.2 Å². The van der Waals surface area contributed by atoms with E-state index in [1.807, 2.05) is 84.0 Å². The van der Waals surface area contributed by atoms with Gasteiger partial charge in [-0.1, -0.05) is 125 Å². The van der Waals surface area contributed by atoms with Crippen LogP contribution in [0.2, 0.25) is 15.1 Å². The Morgan fingerprint density at radius 3 is 2.23 bits per heavy atom. The van der Waals surface area contributed by atoms with Gasteiger partial charge >= 0.3 is 6.09 Å². The van der Waals surface area contributed by atoms with Crippen molar-refractivity contribution in [3.63, 3.8) is 0 Å². The molecular formula is C53H58Cl3N9O9. The lowest BCUT2D eigenvalue weighted by molar-refractivity contribution is -0.189. The third-order valence-electron chi connectivity index (χ3n) is 12.4. The summed E-state index contributed by atoms with van der Waals surface area (Å²) in [6.07, 6.45) is 6.00. The van der Waals surface area contributed by atoms with Crippen molar-refractivity contribution in [1.82, 2.24) is 39.5 Å². The fourth-order valence-electron chi connectivity index (χ4n) is 8.10. The molecule has 5 heterocycles. The first-order valence-corrected chi connectivity index (χ1v) is 24.8. The van der Waals surface area contributed by atoms with E-state index in [4.69, 9.17) is 53.8 Å². The van der Waals surface area contributed by atoms with Crippen molar-refractivity contribution in [2.24, 2.45) is 10.8 Å². The molecule has 0 radical (unpaired) electrons. The van der Waals surface area contributed by atoms with Crippen LogP contribution in [0, 0.1) is 10.8 Å². The zero-order valence-corrected chi connectivity index (χ0v) is 44.4. The van der Waals surface area contributed by atoms with Gasteiger partial charge < -0.3 is 33.8 Å². The third-order valence-corrected chi connectivity index (χ3v) is 13.2. The predicted molar refractivity (Wildman–Crippen MR) is 280 cm³/mol. The molecule has 1 amide bonds. The first-order chi connectivity index (χ1) is 35.2. The molecule has 1 fully saturated rings. The predicted octanol–water partition coefficient (Wildman–Crippen LogP) is 10.9. The van der Waals surface area contributed by atoms with E-state index in [0.717, 1.165) is 35.0 Å². The number of hydrogen-bond acceptors (Lipinski definition) is 14. The van der Waals surface area contributed by atoms with Gasteiger partial charge in [0.1, 0.15) is 55.6 Å². The number of nitrogens with one attached hydrogen (secondary N) is 2. The zero-order chi connectivity index (χ0) is 53.4. The van der Waals surface area contributed by atoms with Gasteiger partial charge in [-0.3, -0.25) is 14.9 Å². The summed E-state index contributed by atoms with van der Waals surface area (Å²) < 4.78 is 31.6. The number of nitrogens with zero attached hydrogens (tertiary/aromatic N) is 7. The van der Waals surface area contributed by atoms with E-state index in [1.165, 1.54) is 30.8 Å². The lowest BCUT2D eigenvalue weighted by Gasteiger charge is -2.32. The van der Waals surface area contributed by atoms with Gasteiger partial charge in [0.15, 0.2) is 0 Å². The number of carbonyl (C=O) groups is 3. The van der Waals surface area contributed by atoms with E-state index in [-0.39, 0.29) is 17.6 Å². The molecule has 5 unspecified atom stereocenters.